The third-order valence-corrected chi connectivity index (χ3v) is 6.33. The third kappa shape index (κ3) is 4.38. The Morgan fingerprint density at radius 1 is 1.10 bits per heavy atom. The minimum absolute atomic E-state index is 0.0295. The molecule has 1 atom stereocenters. The average Bonchev–Trinajstić information content (AvgIpc) is 3.16. The highest BCUT2D eigenvalue weighted by molar-refractivity contribution is 7.99. The van der Waals surface area contributed by atoms with Crippen LogP contribution in [0.5, 0.6) is 0 Å². The molecule has 2 aromatic carbocycles. The van der Waals surface area contributed by atoms with Crippen molar-refractivity contribution >= 4 is 28.4 Å². The Balaban J connectivity index is 1.53. The second kappa shape index (κ2) is 8.57. The van der Waals surface area contributed by atoms with E-state index in [-0.39, 0.29) is 11.0 Å². The van der Waals surface area contributed by atoms with Crippen LogP contribution < -0.4 is 0 Å². The number of rotatable bonds is 7. The van der Waals surface area contributed by atoms with E-state index < -0.39 is 0 Å². The minimum Gasteiger partial charge on any atom is -0.312 e. The molecule has 0 radical (unpaired) electrons. The minimum atomic E-state index is 0.0295. The van der Waals surface area contributed by atoms with Crippen LogP contribution in [0.2, 0.25) is 0 Å². The topological polar surface area (TPSA) is 60.7 Å². The molecule has 4 rings (SSSR count). The molecule has 0 aliphatic heterocycles. The molecular weight excluding hydrogens is 380 g/mol. The monoisotopic (exact) mass is 402 g/mol. The van der Waals surface area contributed by atoms with Crippen LogP contribution in [0.15, 0.2) is 72.1 Å². The van der Waals surface area contributed by atoms with Gasteiger partial charge in [0, 0.05) is 24.1 Å². The van der Waals surface area contributed by atoms with Gasteiger partial charge in [-0.3, -0.25) is 4.79 Å². The number of aryl methyl sites for hydroxylation is 1. The van der Waals surface area contributed by atoms with E-state index in [0.29, 0.717) is 12.1 Å². The quantitative estimate of drug-likeness (QED) is 0.320. The Morgan fingerprint density at radius 3 is 2.76 bits per heavy atom. The number of benzene rings is 2. The summed E-state index contributed by atoms with van der Waals surface area (Å²) in [6.07, 6.45) is 3.01. The van der Waals surface area contributed by atoms with Crippen LogP contribution in [0.3, 0.4) is 0 Å². The highest BCUT2D eigenvalue weighted by atomic mass is 32.2. The van der Waals surface area contributed by atoms with Crippen molar-refractivity contribution in [2.75, 3.05) is 0 Å². The Kier molecular flexibility index (Phi) is 5.71. The van der Waals surface area contributed by atoms with Crippen LogP contribution in [-0.4, -0.2) is 25.5 Å². The predicted molar refractivity (Wildman–Crippen MR) is 116 cm³/mol. The van der Waals surface area contributed by atoms with Crippen molar-refractivity contribution in [2.45, 2.75) is 30.2 Å². The Labute approximate surface area is 174 Å². The zero-order chi connectivity index (χ0) is 20.2. The first kappa shape index (κ1) is 19.3. The van der Waals surface area contributed by atoms with Gasteiger partial charge in [0.1, 0.15) is 12.0 Å². The van der Waals surface area contributed by atoms with Crippen LogP contribution in [0.25, 0.3) is 10.9 Å². The molecule has 0 bridgehead atoms. The van der Waals surface area contributed by atoms with Crippen molar-refractivity contribution in [1.82, 2.24) is 19.7 Å². The van der Waals surface area contributed by atoms with Gasteiger partial charge in [-0.05, 0) is 29.7 Å². The van der Waals surface area contributed by atoms with Crippen LogP contribution >= 0.6 is 11.8 Å². The number of carbonyl (C=O) groups excluding carboxylic acids is 1. The van der Waals surface area contributed by atoms with Gasteiger partial charge in [0.05, 0.1) is 5.52 Å². The zero-order valence-corrected chi connectivity index (χ0v) is 17.3. The van der Waals surface area contributed by atoms with Gasteiger partial charge in [-0.1, -0.05) is 67.2 Å². The lowest BCUT2D eigenvalue weighted by Crippen LogP contribution is -2.07. The van der Waals surface area contributed by atoms with Crippen molar-refractivity contribution in [2.24, 2.45) is 7.05 Å². The number of nitrogens with zero attached hydrogens (tertiary/aromatic N) is 4. The third-order valence-electron chi connectivity index (χ3n) is 4.86. The van der Waals surface area contributed by atoms with Crippen LogP contribution in [-0.2, 0) is 13.5 Å². The molecule has 2 aromatic heterocycles. The second-order valence-electron chi connectivity index (χ2n) is 6.97. The molecular formula is C23H22N4OS. The van der Waals surface area contributed by atoms with Gasteiger partial charge in [0.25, 0.3) is 0 Å². The fourth-order valence-electron chi connectivity index (χ4n) is 3.29. The first-order valence-electron chi connectivity index (χ1n) is 9.62. The number of fused-ring (bicyclic) bond motifs is 1. The molecule has 0 saturated carbocycles. The maximum absolute atomic E-state index is 12.8. The Bertz CT molecular complexity index is 1150. The molecule has 29 heavy (non-hydrogen) atoms. The summed E-state index contributed by atoms with van der Waals surface area (Å²) in [6.45, 7) is 2.16. The molecule has 0 N–H and O–H groups in total. The summed E-state index contributed by atoms with van der Waals surface area (Å²) in [5, 5.41) is 10.3. The molecule has 0 saturated heterocycles. The van der Waals surface area contributed by atoms with Crippen LogP contribution in [0.1, 0.15) is 40.2 Å². The Morgan fingerprint density at radius 2 is 1.97 bits per heavy atom. The molecule has 0 aliphatic rings. The highest BCUT2D eigenvalue weighted by Gasteiger charge is 2.16. The highest BCUT2D eigenvalue weighted by Crippen LogP contribution is 2.36. The SMILES string of the molecule is CCC(Sc1nncn1C)c1cccc(CC(=O)c2ccc3ccccc3n2)c1. The maximum Gasteiger partial charge on any atom is 0.191 e. The molecule has 1 unspecified atom stereocenters. The zero-order valence-electron chi connectivity index (χ0n) is 16.4. The second-order valence-corrected chi connectivity index (χ2v) is 8.14. The molecule has 6 heteroatoms. The van der Waals surface area contributed by atoms with Gasteiger partial charge in [0.15, 0.2) is 10.9 Å². The van der Waals surface area contributed by atoms with E-state index in [4.69, 9.17) is 0 Å². The number of hydrogen-bond donors (Lipinski definition) is 0. The van der Waals surface area contributed by atoms with Crippen molar-refractivity contribution in [1.29, 1.82) is 0 Å². The molecule has 4 aromatic rings. The van der Waals surface area contributed by atoms with E-state index in [1.54, 1.807) is 18.1 Å². The van der Waals surface area contributed by atoms with E-state index in [2.05, 4.69) is 34.2 Å². The van der Waals surface area contributed by atoms with Crippen molar-refractivity contribution in [3.05, 3.63) is 83.8 Å². The van der Waals surface area contributed by atoms with Crippen molar-refractivity contribution in [3.8, 4) is 0 Å². The summed E-state index contributed by atoms with van der Waals surface area (Å²) in [6, 6.07) is 19.9. The maximum atomic E-state index is 12.8. The number of hydrogen-bond acceptors (Lipinski definition) is 5. The fourth-order valence-corrected chi connectivity index (χ4v) is 4.31. The number of ketones is 1. The number of Topliss-reactive ketones (excluding diaryl/α,β-unsaturated/α-hetero) is 1. The van der Waals surface area contributed by atoms with Gasteiger partial charge in [-0.2, -0.15) is 0 Å². The number of pyridine rings is 1. The molecule has 5 nitrogen and oxygen atoms in total. The van der Waals surface area contributed by atoms with Gasteiger partial charge in [0.2, 0.25) is 0 Å². The molecule has 0 aliphatic carbocycles. The number of carbonyl (C=O) groups is 1. The van der Waals surface area contributed by atoms with Crippen molar-refractivity contribution < 1.29 is 4.79 Å². The van der Waals surface area contributed by atoms with Gasteiger partial charge >= 0.3 is 0 Å². The average molecular weight is 403 g/mol. The summed E-state index contributed by atoms with van der Waals surface area (Å²) in [5.74, 6) is 0.0295. The molecule has 0 amide bonds. The summed E-state index contributed by atoms with van der Waals surface area (Å²) in [4.78, 5) is 17.4. The van der Waals surface area contributed by atoms with Gasteiger partial charge in [-0.15, -0.1) is 10.2 Å². The fraction of sp³-hybridized carbons (Fsp3) is 0.217. The van der Waals surface area contributed by atoms with E-state index in [1.165, 1.54) is 5.56 Å². The van der Waals surface area contributed by atoms with Gasteiger partial charge < -0.3 is 4.57 Å². The summed E-state index contributed by atoms with van der Waals surface area (Å²) < 4.78 is 1.92. The Hall–Kier alpha value is -2.99. The van der Waals surface area contributed by atoms with Crippen molar-refractivity contribution in [3.63, 3.8) is 0 Å². The lowest BCUT2D eigenvalue weighted by atomic mass is 10.0. The summed E-state index contributed by atoms with van der Waals surface area (Å²) in [7, 11) is 1.95. The standard InChI is InChI=1S/C23H22N4OS/c1-3-22(29-23-26-24-15-27(23)2)18-9-6-7-16(13-18)14-21(28)20-12-11-17-8-4-5-10-19(17)25-20/h4-13,15,22H,3,14H2,1-2H3. The molecule has 2 heterocycles. The van der Waals surface area contributed by atoms with E-state index in [9.17, 15) is 4.79 Å². The number of thioether (sulfide) groups is 1. The number of para-hydroxylation sites is 1. The first-order valence-corrected chi connectivity index (χ1v) is 10.5. The normalized spacial score (nSPS) is 12.2. The predicted octanol–water partition coefficient (Wildman–Crippen LogP) is 5.03. The van der Waals surface area contributed by atoms with Crippen LogP contribution in [0, 0.1) is 0 Å². The number of aromatic nitrogens is 4. The smallest absolute Gasteiger partial charge is 0.191 e. The van der Waals surface area contributed by atoms with E-state index >= 15 is 0 Å². The van der Waals surface area contributed by atoms with E-state index in [0.717, 1.165) is 28.0 Å². The molecule has 146 valence electrons. The lowest BCUT2D eigenvalue weighted by molar-refractivity contribution is 0.0988. The molecule has 0 fully saturated rings. The molecule has 0 spiro atoms. The van der Waals surface area contributed by atoms with E-state index in [1.807, 2.05) is 60.1 Å². The van der Waals surface area contributed by atoms with Gasteiger partial charge in [-0.25, -0.2) is 4.98 Å². The summed E-state index contributed by atoms with van der Waals surface area (Å²) >= 11 is 1.69. The largest absolute Gasteiger partial charge is 0.312 e. The first-order chi connectivity index (χ1) is 14.1. The summed E-state index contributed by atoms with van der Waals surface area (Å²) in [5.41, 5.74) is 3.55. The lowest BCUT2D eigenvalue weighted by Gasteiger charge is -2.15. The van der Waals surface area contributed by atoms with Crippen LogP contribution in [0.4, 0.5) is 0 Å².